The molecule has 1 fully saturated rings. The fourth-order valence-corrected chi connectivity index (χ4v) is 3.86. The summed E-state index contributed by atoms with van der Waals surface area (Å²) in [6.07, 6.45) is 2.28. The van der Waals surface area contributed by atoms with Crippen molar-refractivity contribution in [2.24, 2.45) is 5.92 Å². The molecule has 5 nitrogen and oxygen atoms in total. The zero-order valence-corrected chi connectivity index (χ0v) is 13.3. The lowest BCUT2D eigenvalue weighted by molar-refractivity contribution is 0.0873. The number of aromatic nitrogens is 2. The highest BCUT2D eigenvalue weighted by atomic mass is 79.9. The van der Waals surface area contributed by atoms with Gasteiger partial charge in [-0.3, -0.25) is 9.59 Å². The summed E-state index contributed by atoms with van der Waals surface area (Å²) in [7, 11) is 0. The van der Waals surface area contributed by atoms with Crippen LogP contribution < -0.4 is 11.1 Å². The second-order valence-corrected chi connectivity index (χ2v) is 6.37. The zero-order valence-electron chi connectivity index (χ0n) is 11.7. The molecular weight excluding hydrogens is 336 g/mol. The summed E-state index contributed by atoms with van der Waals surface area (Å²) < 4.78 is 5.74. The van der Waals surface area contributed by atoms with Gasteiger partial charge in [-0.2, -0.15) is 0 Å². The van der Waals surface area contributed by atoms with Crippen molar-refractivity contribution in [2.75, 3.05) is 6.61 Å². The first kappa shape index (κ1) is 14.5. The average molecular weight is 353 g/mol. The number of ether oxygens (including phenoxy) is 1. The summed E-state index contributed by atoms with van der Waals surface area (Å²) in [5, 5.41) is 0. The number of H-pyrrole nitrogens is 2. The number of aromatic amines is 2. The Labute approximate surface area is 129 Å². The molecule has 21 heavy (non-hydrogen) atoms. The molecule has 3 atom stereocenters. The minimum Gasteiger partial charge on any atom is -0.378 e. The number of alkyl halides is 1. The molecule has 0 saturated carbocycles. The Morgan fingerprint density at radius 2 is 2.00 bits per heavy atom. The number of halogens is 1. The van der Waals surface area contributed by atoms with Crippen LogP contribution in [0.3, 0.4) is 0 Å². The summed E-state index contributed by atoms with van der Waals surface area (Å²) in [6.45, 7) is 2.92. The molecule has 0 spiro atoms. The van der Waals surface area contributed by atoms with Gasteiger partial charge < -0.3 is 14.7 Å². The minimum atomic E-state index is -0.624. The summed E-state index contributed by atoms with van der Waals surface area (Å²) in [5.41, 5.74) is 1.12. The van der Waals surface area contributed by atoms with Crippen molar-refractivity contribution in [3.63, 3.8) is 0 Å². The lowest BCUT2D eigenvalue weighted by Gasteiger charge is -2.22. The lowest BCUT2D eigenvalue weighted by Crippen LogP contribution is -2.29. The molecule has 6 heteroatoms. The average Bonchev–Trinajstić information content (AvgIpc) is 2.95. The van der Waals surface area contributed by atoms with E-state index in [1.807, 2.05) is 18.2 Å². The number of fused-ring (bicyclic) bond motifs is 1. The van der Waals surface area contributed by atoms with Gasteiger partial charge in [0.05, 0.1) is 17.1 Å². The molecule has 2 N–H and O–H groups in total. The van der Waals surface area contributed by atoms with E-state index in [0.29, 0.717) is 17.0 Å². The van der Waals surface area contributed by atoms with E-state index in [-0.39, 0.29) is 10.9 Å². The van der Waals surface area contributed by atoms with Gasteiger partial charge in [-0.05, 0) is 30.5 Å². The van der Waals surface area contributed by atoms with Gasteiger partial charge >= 0.3 is 11.1 Å². The van der Waals surface area contributed by atoms with E-state index in [1.54, 1.807) is 0 Å². The van der Waals surface area contributed by atoms with Gasteiger partial charge in [0.15, 0.2) is 0 Å². The predicted molar refractivity (Wildman–Crippen MR) is 85.0 cm³/mol. The summed E-state index contributed by atoms with van der Waals surface area (Å²) in [5.74, 6) is 0.418. The molecule has 0 bridgehead atoms. The Hall–Kier alpha value is -1.40. The van der Waals surface area contributed by atoms with Gasteiger partial charge in [0, 0.05) is 17.4 Å². The maximum absolute atomic E-state index is 11.4. The van der Waals surface area contributed by atoms with Gasteiger partial charge in [0.1, 0.15) is 0 Å². The van der Waals surface area contributed by atoms with E-state index in [4.69, 9.17) is 4.74 Å². The molecule has 0 radical (unpaired) electrons. The first-order valence-corrected chi connectivity index (χ1v) is 8.03. The van der Waals surface area contributed by atoms with Gasteiger partial charge in [-0.15, -0.1) is 0 Å². The van der Waals surface area contributed by atoms with Crippen molar-refractivity contribution in [3.8, 4) is 0 Å². The second-order valence-electron chi connectivity index (χ2n) is 5.39. The lowest BCUT2D eigenvalue weighted by atomic mass is 9.91. The van der Waals surface area contributed by atoms with Crippen molar-refractivity contribution < 1.29 is 4.74 Å². The van der Waals surface area contributed by atoms with Crippen LogP contribution in [0.1, 0.15) is 30.2 Å². The van der Waals surface area contributed by atoms with Gasteiger partial charge in [-0.25, -0.2) is 0 Å². The van der Waals surface area contributed by atoms with E-state index in [9.17, 15) is 9.59 Å². The molecule has 1 aromatic heterocycles. The quantitative estimate of drug-likeness (QED) is 0.658. The molecule has 1 aliphatic heterocycles. The normalized spacial score (nSPS) is 23.5. The third kappa shape index (κ3) is 2.70. The summed E-state index contributed by atoms with van der Waals surface area (Å²) in [4.78, 5) is 28.1. The van der Waals surface area contributed by atoms with Crippen LogP contribution in [0, 0.1) is 5.92 Å². The van der Waals surface area contributed by atoms with Crippen molar-refractivity contribution in [3.05, 3.63) is 44.5 Å². The Morgan fingerprint density at radius 1 is 1.29 bits per heavy atom. The van der Waals surface area contributed by atoms with E-state index >= 15 is 0 Å². The Balaban J connectivity index is 1.98. The minimum absolute atomic E-state index is 0.171. The van der Waals surface area contributed by atoms with Crippen LogP contribution in [-0.2, 0) is 4.74 Å². The summed E-state index contributed by atoms with van der Waals surface area (Å²) in [6, 6.07) is 5.71. The molecular formula is C15H17BrN2O3. The van der Waals surface area contributed by atoms with Gasteiger partial charge in [-0.1, -0.05) is 28.9 Å². The Kier molecular flexibility index (Phi) is 3.99. The van der Waals surface area contributed by atoms with Crippen molar-refractivity contribution >= 4 is 27.0 Å². The number of benzene rings is 1. The van der Waals surface area contributed by atoms with E-state index in [1.165, 1.54) is 0 Å². The third-order valence-electron chi connectivity index (χ3n) is 4.10. The second kappa shape index (κ2) is 5.77. The highest BCUT2D eigenvalue weighted by molar-refractivity contribution is 9.09. The number of rotatable bonds is 3. The topological polar surface area (TPSA) is 75.0 Å². The maximum Gasteiger partial charge on any atom is 0.314 e. The summed E-state index contributed by atoms with van der Waals surface area (Å²) >= 11 is 3.77. The first-order chi connectivity index (χ1) is 10.1. The van der Waals surface area contributed by atoms with Crippen LogP contribution in [0.15, 0.2) is 27.8 Å². The van der Waals surface area contributed by atoms with Crippen molar-refractivity contribution in [2.45, 2.75) is 30.7 Å². The fourth-order valence-electron chi connectivity index (χ4n) is 2.97. The van der Waals surface area contributed by atoms with Gasteiger partial charge in [0.2, 0.25) is 0 Å². The van der Waals surface area contributed by atoms with Crippen LogP contribution in [0.2, 0.25) is 0 Å². The molecule has 3 rings (SSSR count). The number of hydrogen-bond donors (Lipinski definition) is 2. The smallest absolute Gasteiger partial charge is 0.314 e. The van der Waals surface area contributed by atoms with Crippen LogP contribution in [0.25, 0.3) is 11.0 Å². The molecule has 1 aromatic carbocycles. The highest BCUT2D eigenvalue weighted by Gasteiger charge is 2.33. The molecule has 0 amide bonds. The molecule has 1 saturated heterocycles. The predicted octanol–water partition coefficient (Wildman–Crippen LogP) is 2.47. The molecule has 3 unspecified atom stereocenters. The molecule has 2 aromatic rings. The molecule has 0 aliphatic carbocycles. The van der Waals surface area contributed by atoms with E-state index in [0.717, 1.165) is 25.0 Å². The van der Waals surface area contributed by atoms with Crippen LogP contribution in [0.4, 0.5) is 0 Å². The van der Waals surface area contributed by atoms with Crippen molar-refractivity contribution in [1.29, 1.82) is 0 Å². The highest BCUT2D eigenvalue weighted by Crippen LogP contribution is 2.40. The van der Waals surface area contributed by atoms with E-state index in [2.05, 4.69) is 32.8 Å². The third-order valence-corrected chi connectivity index (χ3v) is 5.31. The number of hydrogen-bond acceptors (Lipinski definition) is 3. The molecule has 1 aliphatic rings. The van der Waals surface area contributed by atoms with Crippen molar-refractivity contribution in [1.82, 2.24) is 9.97 Å². The van der Waals surface area contributed by atoms with E-state index < -0.39 is 11.1 Å². The molecule has 2 heterocycles. The van der Waals surface area contributed by atoms with Crippen LogP contribution in [-0.4, -0.2) is 22.7 Å². The van der Waals surface area contributed by atoms with Gasteiger partial charge in [0.25, 0.3) is 0 Å². The monoisotopic (exact) mass is 352 g/mol. The Morgan fingerprint density at radius 3 is 2.71 bits per heavy atom. The maximum atomic E-state index is 11.4. The van der Waals surface area contributed by atoms with Crippen LogP contribution >= 0.6 is 15.9 Å². The standard InChI is InChI=1S/C15H17BrN2O3/c1-2-12-9(5-6-21-12)13(16)8-3-4-10-11(7-8)18-15(20)14(19)17-10/h3-4,7,9,12-13H,2,5-6H2,1H3,(H,17,19)(H,18,20). The SMILES string of the molecule is CCC1OCCC1C(Br)c1ccc2[nH]c(=O)c(=O)[nH]c2c1. The molecule has 112 valence electrons. The number of nitrogens with one attached hydrogen (secondary N) is 2. The zero-order chi connectivity index (χ0) is 15.0. The first-order valence-electron chi connectivity index (χ1n) is 7.12. The Bertz CT molecular complexity index is 767. The largest absolute Gasteiger partial charge is 0.378 e. The fraction of sp³-hybridized carbons (Fsp3) is 0.467. The van der Waals surface area contributed by atoms with Crippen LogP contribution in [0.5, 0.6) is 0 Å².